The predicted molar refractivity (Wildman–Crippen MR) is 145 cm³/mol. The quantitative estimate of drug-likeness (QED) is 0.100. The lowest BCUT2D eigenvalue weighted by atomic mass is 10.0. The lowest BCUT2D eigenvalue weighted by Crippen LogP contribution is -2.71. The molecule has 1 fully saturated rings. The predicted octanol–water partition coefficient (Wildman–Crippen LogP) is 0.216. The summed E-state index contributed by atoms with van der Waals surface area (Å²) in [7, 11) is 0. The Hall–Kier alpha value is -4.18. The monoisotopic (exact) mass is 574 g/mol. The minimum atomic E-state index is -1.22. The largest absolute Gasteiger partial charge is 0.477 e. The summed E-state index contributed by atoms with van der Waals surface area (Å²) < 4.78 is 4.00. The lowest BCUT2D eigenvalue weighted by molar-refractivity contribution is -0.150. The molecule has 206 valence electrons. The van der Waals surface area contributed by atoms with Gasteiger partial charge in [-0.15, -0.1) is 11.8 Å². The molecular weight excluding hydrogens is 548 g/mol. The average molecular weight is 575 g/mol. The molecular formula is C23H26N8O6S2. The smallest absolute Gasteiger partial charge is 0.352 e. The van der Waals surface area contributed by atoms with E-state index in [2.05, 4.69) is 30.5 Å². The van der Waals surface area contributed by atoms with Crippen LogP contribution >= 0.6 is 23.3 Å². The van der Waals surface area contributed by atoms with Crippen molar-refractivity contribution in [2.45, 2.75) is 30.0 Å². The number of hydrogen-bond acceptors (Lipinski definition) is 12. The van der Waals surface area contributed by atoms with E-state index in [0.717, 1.165) is 22.1 Å². The molecule has 1 aromatic carbocycles. The molecule has 2 unspecified atom stereocenters. The normalized spacial score (nSPS) is 20.3. The van der Waals surface area contributed by atoms with Crippen LogP contribution in [0, 0.1) is 0 Å². The number of nitrogens with one attached hydrogen (secondary N) is 3. The molecule has 2 aromatic rings. The number of aliphatic carboxylic acids is 1. The van der Waals surface area contributed by atoms with Gasteiger partial charge in [-0.1, -0.05) is 23.4 Å². The average Bonchev–Trinajstić information content (AvgIpc) is 3.35. The van der Waals surface area contributed by atoms with E-state index in [0.29, 0.717) is 13.0 Å². The molecule has 39 heavy (non-hydrogen) atoms. The molecule has 3 heterocycles. The zero-order valence-electron chi connectivity index (χ0n) is 20.7. The number of benzene rings is 1. The molecule has 3 atom stereocenters. The molecule has 0 spiro atoms. The number of anilines is 2. The van der Waals surface area contributed by atoms with E-state index in [1.165, 1.54) is 17.8 Å². The number of aromatic nitrogens is 2. The molecule has 2 aliphatic rings. The maximum atomic E-state index is 13.1. The molecule has 1 saturated heterocycles. The number of nitrogens with zero attached hydrogens (tertiary/aromatic N) is 4. The Kier molecular flexibility index (Phi) is 8.98. The number of hydrogen-bond donors (Lipinski definition) is 5. The fraction of sp³-hybridized carbons (Fsp3) is 0.348. The van der Waals surface area contributed by atoms with E-state index in [4.69, 9.17) is 10.6 Å². The minimum Gasteiger partial charge on any atom is -0.477 e. The number of carbonyl (C=O) groups excluding carboxylic acids is 3. The fourth-order valence-corrected chi connectivity index (χ4v) is 5.49. The Labute approximate surface area is 231 Å². The van der Waals surface area contributed by atoms with Crippen LogP contribution < -0.4 is 21.7 Å². The van der Waals surface area contributed by atoms with Crippen molar-refractivity contribution in [3.8, 4) is 0 Å². The summed E-state index contributed by atoms with van der Waals surface area (Å²) in [5.41, 5.74) is 6.09. The summed E-state index contributed by atoms with van der Waals surface area (Å²) in [5.74, 6) is -2.81. The summed E-state index contributed by atoms with van der Waals surface area (Å²) in [6, 6.07) is 8.36. The zero-order chi connectivity index (χ0) is 27.9. The highest BCUT2D eigenvalue weighted by Gasteiger charge is 2.54. The second-order valence-corrected chi connectivity index (χ2v) is 10.7. The number of oxime groups is 1. The van der Waals surface area contributed by atoms with Crippen molar-refractivity contribution in [2.75, 3.05) is 30.7 Å². The number of nitrogen functional groups attached to an aromatic ring is 1. The summed E-state index contributed by atoms with van der Waals surface area (Å²) in [5, 5.41) is 21.0. The molecule has 1 aromatic heterocycles. The second kappa shape index (κ2) is 12.6. The number of carboxylic acids is 1. The van der Waals surface area contributed by atoms with Crippen LogP contribution in [0.15, 0.2) is 47.3 Å². The van der Waals surface area contributed by atoms with Crippen molar-refractivity contribution in [1.29, 1.82) is 0 Å². The number of β-lactam (4-membered cyclic amide) rings is 1. The summed E-state index contributed by atoms with van der Waals surface area (Å²) in [4.78, 5) is 59.6. The summed E-state index contributed by atoms with van der Waals surface area (Å²) in [6.07, 6.45) is 1.89. The highest BCUT2D eigenvalue weighted by atomic mass is 32.2. The first kappa shape index (κ1) is 27.8. The summed E-state index contributed by atoms with van der Waals surface area (Å²) in [6.45, 7) is 2.31. The van der Waals surface area contributed by atoms with Crippen LogP contribution in [-0.4, -0.2) is 85.1 Å². The maximum Gasteiger partial charge on any atom is 0.352 e. The molecule has 14 nitrogen and oxygen atoms in total. The van der Waals surface area contributed by atoms with Gasteiger partial charge in [0.1, 0.15) is 23.7 Å². The molecule has 0 saturated carbocycles. The molecule has 0 bridgehead atoms. The Morgan fingerprint density at radius 1 is 1.26 bits per heavy atom. The Morgan fingerprint density at radius 2 is 2.03 bits per heavy atom. The van der Waals surface area contributed by atoms with Crippen LogP contribution in [0.3, 0.4) is 0 Å². The van der Waals surface area contributed by atoms with Crippen molar-refractivity contribution in [2.24, 2.45) is 5.16 Å². The van der Waals surface area contributed by atoms with Gasteiger partial charge in [-0.05, 0) is 25.1 Å². The third-order valence-electron chi connectivity index (χ3n) is 5.54. The number of carboxylic acid groups (broad SMARTS) is 1. The molecule has 6 N–H and O–H groups in total. The van der Waals surface area contributed by atoms with Crippen LogP contribution in [0.4, 0.5) is 10.8 Å². The molecule has 3 amide bonds. The van der Waals surface area contributed by atoms with Gasteiger partial charge in [-0.25, -0.2) is 4.79 Å². The van der Waals surface area contributed by atoms with Crippen molar-refractivity contribution >= 4 is 63.5 Å². The van der Waals surface area contributed by atoms with Crippen molar-refractivity contribution in [3.05, 3.63) is 47.9 Å². The summed E-state index contributed by atoms with van der Waals surface area (Å²) >= 11 is 2.21. The van der Waals surface area contributed by atoms with E-state index in [9.17, 15) is 24.3 Å². The molecule has 0 aliphatic carbocycles. The number of amides is 3. The van der Waals surface area contributed by atoms with E-state index in [-0.39, 0.29) is 46.7 Å². The van der Waals surface area contributed by atoms with Gasteiger partial charge in [-0.2, -0.15) is 9.36 Å². The second-order valence-electron chi connectivity index (χ2n) is 8.40. The Bertz CT molecular complexity index is 1300. The number of para-hydroxylation sites is 1. The van der Waals surface area contributed by atoms with Crippen molar-refractivity contribution in [1.82, 2.24) is 24.9 Å². The zero-order valence-corrected chi connectivity index (χ0v) is 22.3. The number of thioether (sulfide) groups is 1. The molecule has 16 heteroatoms. The number of nitrogens with two attached hydrogens (primary N) is 1. The van der Waals surface area contributed by atoms with Gasteiger partial charge in [0.05, 0.1) is 6.54 Å². The van der Waals surface area contributed by atoms with Gasteiger partial charge in [0, 0.05) is 35.4 Å². The highest BCUT2D eigenvalue weighted by molar-refractivity contribution is 8.00. The van der Waals surface area contributed by atoms with Crippen molar-refractivity contribution < 1.29 is 29.1 Å². The third-order valence-corrected chi connectivity index (χ3v) is 7.41. The van der Waals surface area contributed by atoms with E-state index < -0.39 is 29.2 Å². The fourth-order valence-electron chi connectivity index (χ4n) is 3.73. The van der Waals surface area contributed by atoms with Crippen LogP contribution in [0.5, 0.6) is 0 Å². The van der Waals surface area contributed by atoms with Gasteiger partial charge in [0.2, 0.25) is 17.4 Å². The van der Waals surface area contributed by atoms with Crippen molar-refractivity contribution in [3.63, 3.8) is 0 Å². The number of rotatable bonds is 12. The van der Waals surface area contributed by atoms with Crippen LogP contribution in [0.2, 0.25) is 0 Å². The first-order valence-corrected chi connectivity index (χ1v) is 13.6. The molecule has 2 aliphatic heterocycles. The van der Waals surface area contributed by atoms with Gasteiger partial charge < -0.3 is 31.6 Å². The van der Waals surface area contributed by atoms with Crippen LogP contribution in [0.1, 0.15) is 19.2 Å². The van der Waals surface area contributed by atoms with Gasteiger partial charge >= 0.3 is 5.97 Å². The first-order chi connectivity index (χ1) is 18.7. The maximum absolute atomic E-state index is 13.1. The van der Waals surface area contributed by atoms with Gasteiger partial charge in [-0.3, -0.25) is 19.3 Å². The molecule has 0 radical (unpaired) electrons. The molecule has 4 rings (SSSR count). The SMILES string of the molecule is CC1C=C(C(=O)O)N2C(=O)C(NC(=O)/C(=N/OCCCNC(=O)CNc3ccccc3)c3nsc(N)n3)[C@H]2S1. The van der Waals surface area contributed by atoms with E-state index in [1.54, 1.807) is 6.92 Å². The number of carbonyl (C=O) groups is 4. The van der Waals surface area contributed by atoms with Crippen LogP contribution in [0.25, 0.3) is 0 Å². The van der Waals surface area contributed by atoms with Crippen LogP contribution in [-0.2, 0) is 24.0 Å². The van der Waals surface area contributed by atoms with E-state index >= 15 is 0 Å². The Balaban J connectivity index is 1.29. The lowest BCUT2D eigenvalue weighted by Gasteiger charge is -2.49. The minimum absolute atomic E-state index is 0.0711. The highest BCUT2D eigenvalue weighted by Crippen LogP contribution is 2.40. The standard InChI is InChI=1S/C23H26N8O6S2/c1-12-10-14(22(35)36)31-20(34)17(21(31)38-12)27-19(33)16(18-28-23(24)39-30-18)29-37-9-5-8-25-15(32)11-26-13-6-3-2-4-7-13/h2-4,6-7,10,12,17,21,26H,5,8-9,11H2,1H3,(H,25,32)(H,27,33)(H,35,36)(H2,24,28,30)/b29-16+/t12?,17?,21-/m1/s1. The Morgan fingerprint density at radius 3 is 2.72 bits per heavy atom. The topological polar surface area (TPSA) is 201 Å². The van der Waals surface area contributed by atoms with Gasteiger partial charge in [0.15, 0.2) is 5.13 Å². The van der Waals surface area contributed by atoms with Gasteiger partial charge in [0.25, 0.3) is 11.8 Å². The number of fused-ring (bicyclic) bond motifs is 1. The first-order valence-electron chi connectivity index (χ1n) is 11.8. The van der Waals surface area contributed by atoms with E-state index in [1.807, 2.05) is 30.3 Å². The third kappa shape index (κ3) is 6.83.